The van der Waals surface area contributed by atoms with Crippen molar-refractivity contribution >= 4 is 22.6 Å². The molecule has 2 rings (SSSR count). The summed E-state index contributed by atoms with van der Waals surface area (Å²) in [5.41, 5.74) is -0.181. The van der Waals surface area contributed by atoms with Crippen LogP contribution in [0.25, 0.3) is 10.8 Å². The van der Waals surface area contributed by atoms with Gasteiger partial charge in [-0.1, -0.05) is 32.0 Å². The fraction of sp³-hybridized carbons (Fsp3) is 0.353. The number of aromatic nitrogens is 1. The van der Waals surface area contributed by atoms with Crippen molar-refractivity contribution in [2.24, 2.45) is 5.92 Å². The molecule has 0 saturated heterocycles. The molecule has 1 heterocycles. The maximum Gasteiger partial charge on any atom is 0.268 e. The van der Waals surface area contributed by atoms with E-state index in [0.29, 0.717) is 17.2 Å². The Kier molecular flexibility index (Phi) is 5.16. The molecule has 0 aliphatic rings. The smallest absolute Gasteiger partial charge is 0.268 e. The van der Waals surface area contributed by atoms with Crippen LogP contribution in [0.4, 0.5) is 0 Å². The Hall–Kier alpha value is -2.63. The first-order valence-corrected chi connectivity index (χ1v) is 7.57. The van der Waals surface area contributed by atoms with E-state index in [1.807, 2.05) is 13.8 Å². The highest BCUT2D eigenvalue weighted by Crippen LogP contribution is 2.11. The largest absolute Gasteiger partial charge is 0.357 e. The summed E-state index contributed by atoms with van der Waals surface area (Å²) < 4.78 is 0. The summed E-state index contributed by atoms with van der Waals surface area (Å²) in [7, 11) is 1.53. The second-order valence-electron chi connectivity index (χ2n) is 5.87. The van der Waals surface area contributed by atoms with Crippen LogP contribution in [0.2, 0.25) is 0 Å². The van der Waals surface area contributed by atoms with Crippen LogP contribution in [0, 0.1) is 5.92 Å². The van der Waals surface area contributed by atoms with Crippen LogP contribution in [0.5, 0.6) is 0 Å². The Morgan fingerprint density at radius 2 is 1.91 bits per heavy atom. The molecule has 0 aliphatic heterocycles. The molecule has 0 bridgehead atoms. The molecule has 0 aliphatic carbocycles. The van der Waals surface area contributed by atoms with Crippen LogP contribution in [0.3, 0.4) is 0 Å². The Bertz CT molecular complexity index is 780. The predicted molar refractivity (Wildman–Crippen MR) is 89.3 cm³/mol. The van der Waals surface area contributed by atoms with Gasteiger partial charge in [0.1, 0.15) is 11.7 Å². The van der Waals surface area contributed by atoms with E-state index in [0.717, 1.165) is 0 Å². The predicted octanol–water partition coefficient (Wildman–Crippen LogP) is 1.42. The van der Waals surface area contributed by atoms with E-state index in [9.17, 15) is 14.4 Å². The number of hydrogen-bond acceptors (Lipinski definition) is 3. The first-order chi connectivity index (χ1) is 10.9. The number of likely N-dealkylation sites (N-methyl/N-ethyl adjacent to an activating group) is 1. The Labute approximate surface area is 134 Å². The van der Waals surface area contributed by atoms with Gasteiger partial charge < -0.3 is 15.6 Å². The maximum absolute atomic E-state index is 12.4. The van der Waals surface area contributed by atoms with Crippen molar-refractivity contribution in [3.8, 4) is 0 Å². The number of amides is 2. The molecule has 2 amide bonds. The van der Waals surface area contributed by atoms with Crippen molar-refractivity contribution in [3.05, 3.63) is 46.4 Å². The molecule has 0 radical (unpaired) electrons. The third kappa shape index (κ3) is 3.97. The molecule has 0 saturated carbocycles. The molecular weight excluding hydrogens is 294 g/mol. The normalized spacial score (nSPS) is 12.2. The first-order valence-electron chi connectivity index (χ1n) is 7.57. The van der Waals surface area contributed by atoms with Crippen LogP contribution in [-0.4, -0.2) is 29.9 Å². The quantitative estimate of drug-likeness (QED) is 0.779. The van der Waals surface area contributed by atoms with Crippen molar-refractivity contribution in [1.82, 2.24) is 15.6 Å². The summed E-state index contributed by atoms with van der Waals surface area (Å²) in [6.07, 6.45) is 0.517. The summed E-state index contributed by atoms with van der Waals surface area (Å²) >= 11 is 0. The molecule has 122 valence electrons. The van der Waals surface area contributed by atoms with Gasteiger partial charge in [-0.15, -0.1) is 0 Å². The summed E-state index contributed by atoms with van der Waals surface area (Å²) in [5, 5.41) is 6.43. The third-order valence-electron chi connectivity index (χ3n) is 3.57. The number of benzene rings is 1. The van der Waals surface area contributed by atoms with Gasteiger partial charge in [-0.3, -0.25) is 14.4 Å². The number of rotatable bonds is 5. The molecule has 2 aromatic rings. The zero-order valence-corrected chi connectivity index (χ0v) is 13.5. The lowest BCUT2D eigenvalue weighted by molar-refractivity contribution is -0.122. The fourth-order valence-corrected chi connectivity index (χ4v) is 2.45. The van der Waals surface area contributed by atoms with Gasteiger partial charge in [-0.25, -0.2) is 0 Å². The highest BCUT2D eigenvalue weighted by Gasteiger charge is 2.22. The van der Waals surface area contributed by atoms with E-state index >= 15 is 0 Å². The molecule has 3 N–H and O–H groups in total. The second-order valence-corrected chi connectivity index (χ2v) is 5.87. The summed E-state index contributed by atoms with van der Waals surface area (Å²) in [5.74, 6) is -0.481. The Morgan fingerprint density at radius 1 is 1.22 bits per heavy atom. The van der Waals surface area contributed by atoms with E-state index < -0.39 is 11.9 Å². The molecule has 6 heteroatoms. The number of H-pyrrole nitrogens is 1. The third-order valence-corrected chi connectivity index (χ3v) is 3.57. The highest BCUT2D eigenvalue weighted by molar-refractivity contribution is 5.98. The van der Waals surface area contributed by atoms with Gasteiger partial charge in [-0.05, 0) is 29.9 Å². The highest BCUT2D eigenvalue weighted by atomic mass is 16.2. The average Bonchev–Trinajstić information content (AvgIpc) is 2.53. The maximum atomic E-state index is 12.4. The molecule has 1 aromatic heterocycles. The summed E-state index contributed by atoms with van der Waals surface area (Å²) in [4.78, 5) is 38.9. The standard InChI is InChI=1S/C17H21N3O3/c1-10(2)8-13(16(22)18-3)20-17(23)14-9-11-6-4-5-7-12(11)15(21)19-14/h4-7,9-10,13H,8H2,1-3H3,(H,18,22)(H,19,21)(H,20,23). The van der Waals surface area contributed by atoms with E-state index in [4.69, 9.17) is 0 Å². The van der Waals surface area contributed by atoms with Crippen molar-refractivity contribution in [1.29, 1.82) is 0 Å². The molecule has 6 nitrogen and oxygen atoms in total. The van der Waals surface area contributed by atoms with Gasteiger partial charge in [0.05, 0.1) is 0 Å². The second kappa shape index (κ2) is 7.09. The first kappa shape index (κ1) is 16.7. The lowest BCUT2D eigenvalue weighted by Gasteiger charge is -2.19. The molecule has 0 fully saturated rings. The zero-order valence-electron chi connectivity index (χ0n) is 13.5. The number of aromatic amines is 1. The van der Waals surface area contributed by atoms with Crippen LogP contribution < -0.4 is 16.2 Å². The van der Waals surface area contributed by atoms with Crippen molar-refractivity contribution in [3.63, 3.8) is 0 Å². The van der Waals surface area contributed by atoms with E-state index in [1.165, 1.54) is 7.05 Å². The summed E-state index contributed by atoms with van der Waals surface area (Å²) in [6, 6.07) is 8.01. The van der Waals surface area contributed by atoms with Gasteiger partial charge in [0.15, 0.2) is 0 Å². The lowest BCUT2D eigenvalue weighted by atomic mass is 10.0. The van der Waals surface area contributed by atoms with Gasteiger partial charge in [0.25, 0.3) is 11.5 Å². The average molecular weight is 315 g/mol. The van der Waals surface area contributed by atoms with Crippen LogP contribution >= 0.6 is 0 Å². The number of pyridine rings is 1. The minimum absolute atomic E-state index is 0.145. The van der Waals surface area contributed by atoms with Gasteiger partial charge >= 0.3 is 0 Å². The fourth-order valence-electron chi connectivity index (χ4n) is 2.45. The van der Waals surface area contributed by atoms with Crippen molar-refractivity contribution in [2.45, 2.75) is 26.3 Å². The monoisotopic (exact) mass is 315 g/mol. The van der Waals surface area contributed by atoms with Crippen LogP contribution in [-0.2, 0) is 4.79 Å². The van der Waals surface area contributed by atoms with Gasteiger partial charge in [-0.2, -0.15) is 0 Å². The van der Waals surface area contributed by atoms with E-state index in [-0.39, 0.29) is 23.1 Å². The molecule has 1 aromatic carbocycles. The van der Waals surface area contributed by atoms with E-state index in [2.05, 4.69) is 15.6 Å². The molecule has 1 unspecified atom stereocenters. The molecular formula is C17H21N3O3. The minimum atomic E-state index is -0.637. The minimum Gasteiger partial charge on any atom is -0.357 e. The zero-order chi connectivity index (χ0) is 17.0. The van der Waals surface area contributed by atoms with Gasteiger partial charge in [0, 0.05) is 12.4 Å². The van der Waals surface area contributed by atoms with Crippen LogP contribution in [0.1, 0.15) is 30.8 Å². The Morgan fingerprint density at radius 3 is 2.57 bits per heavy atom. The van der Waals surface area contributed by atoms with Crippen molar-refractivity contribution < 1.29 is 9.59 Å². The molecule has 1 atom stereocenters. The topological polar surface area (TPSA) is 91.1 Å². The SMILES string of the molecule is CNC(=O)C(CC(C)C)NC(=O)c1cc2ccccc2c(=O)[nH]1. The number of fused-ring (bicyclic) bond motifs is 1. The number of carbonyl (C=O) groups is 2. The van der Waals surface area contributed by atoms with Gasteiger partial charge in [0.2, 0.25) is 5.91 Å². The number of carbonyl (C=O) groups excluding carboxylic acids is 2. The molecule has 23 heavy (non-hydrogen) atoms. The van der Waals surface area contributed by atoms with E-state index in [1.54, 1.807) is 30.3 Å². The number of hydrogen-bond donors (Lipinski definition) is 3. The summed E-state index contributed by atoms with van der Waals surface area (Å²) in [6.45, 7) is 3.94. The van der Waals surface area contributed by atoms with Crippen LogP contribution in [0.15, 0.2) is 35.1 Å². The molecule has 0 spiro atoms. The van der Waals surface area contributed by atoms with Crippen molar-refractivity contribution in [2.75, 3.05) is 7.05 Å². The number of nitrogens with one attached hydrogen (secondary N) is 3. The lowest BCUT2D eigenvalue weighted by Crippen LogP contribution is -2.46. The Balaban J connectivity index is 2.28.